The monoisotopic (exact) mass is 1120 g/mol. The van der Waals surface area contributed by atoms with Crippen LogP contribution in [-0.2, 0) is 23.7 Å². The summed E-state index contributed by atoms with van der Waals surface area (Å²) in [7, 11) is 0. The third kappa shape index (κ3) is 35.4. The van der Waals surface area contributed by atoms with Gasteiger partial charge in [0.2, 0.25) is 5.91 Å². The second kappa shape index (κ2) is 50.2. The van der Waals surface area contributed by atoms with Crippen molar-refractivity contribution in [3.05, 3.63) is 60.8 Å². The summed E-state index contributed by atoms with van der Waals surface area (Å²) in [5, 5.41) is 86.6. The number of carbonyl (C=O) groups excluding carboxylic acids is 1. The van der Waals surface area contributed by atoms with Crippen molar-refractivity contribution in [2.24, 2.45) is 0 Å². The van der Waals surface area contributed by atoms with Crippen LogP contribution in [0.5, 0.6) is 0 Å². The van der Waals surface area contributed by atoms with Crippen LogP contribution < -0.4 is 5.32 Å². The van der Waals surface area contributed by atoms with Crippen LogP contribution in [0.3, 0.4) is 0 Å². The minimum absolute atomic E-state index is 0.242. The van der Waals surface area contributed by atoms with E-state index in [0.29, 0.717) is 6.42 Å². The molecule has 1 amide bonds. The molecule has 14 heteroatoms. The fourth-order valence-electron chi connectivity index (χ4n) is 10.3. The maximum Gasteiger partial charge on any atom is 0.220 e. The Bertz CT molecular complexity index is 1560. The molecule has 0 saturated carbocycles. The Kier molecular flexibility index (Phi) is 46.3. The molecule has 0 aromatic heterocycles. The number of aliphatic hydroxyl groups excluding tert-OH is 8. The number of allylic oxidation sites excluding steroid dienone is 9. The van der Waals surface area contributed by atoms with Gasteiger partial charge in [-0.15, -0.1) is 0 Å². The maximum atomic E-state index is 13.2. The second-order valence-electron chi connectivity index (χ2n) is 22.5. The molecule has 2 saturated heterocycles. The predicted octanol–water partition coefficient (Wildman–Crippen LogP) is 11.7. The van der Waals surface area contributed by atoms with E-state index in [1.807, 2.05) is 6.08 Å². The summed E-state index contributed by atoms with van der Waals surface area (Å²) in [5.74, 6) is -0.242. The van der Waals surface area contributed by atoms with Gasteiger partial charge < -0.3 is 65.1 Å². The highest BCUT2D eigenvalue weighted by Gasteiger charge is 2.51. The molecule has 0 aromatic rings. The summed E-state index contributed by atoms with van der Waals surface area (Å²) in [5.41, 5.74) is 0. The first-order valence-corrected chi connectivity index (χ1v) is 32.0. The van der Waals surface area contributed by atoms with Gasteiger partial charge in [-0.25, -0.2) is 0 Å². The molecule has 0 bridgehead atoms. The van der Waals surface area contributed by atoms with Crippen LogP contribution in [0.2, 0.25) is 0 Å². The van der Waals surface area contributed by atoms with Crippen molar-refractivity contribution < 1.29 is 64.6 Å². The highest BCUT2D eigenvalue weighted by Crippen LogP contribution is 2.30. The zero-order valence-electron chi connectivity index (χ0n) is 49.6. The maximum absolute atomic E-state index is 13.2. The minimum Gasteiger partial charge on any atom is -0.394 e. The van der Waals surface area contributed by atoms with Crippen LogP contribution >= 0.6 is 0 Å². The normalized spacial score (nSPS) is 24.8. The summed E-state index contributed by atoms with van der Waals surface area (Å²) in [6, 6.07) is -0.910. The number of hydrogen-bond acceptors (Lipinski definition) is 13. The van der Waals surface area contributed by atoms with Crippen molar-refractivity contribution in [1.82, 2.24) is 5.32 Å². The van der Waals surface area contributed by atoms with Crippen LogP contribution in [0, 0.1) is 0 Å². The zero-order chi connectivity index (χ0) is 57.4. The molecule has 460 valence electrons. The molecule has 0 spiro atoms. The Hall–Kier alpha value is -2.31. The highest BCUT2D eigenvalue weighted by atomic mass is 16.7. The lowest BCUT2D eigenvalue weighted by atomic mass is 9.97. The van der Waals surface area contributed by atoms with E-state index in [-0.39, 0.29) is 18.9 Å². The first kappa shape index (κ1) is 72.8. The van der Waals surface area contributed by atoms with Crippen molar-refractivity contribution in [2.75, 3.05) is 19.8 Å². The molecule has 0 aliphatic carbocycles. The van der Waals surface area contributed by atoms with Gasteiger partial charge >= 0.3 is 0 Å². The summed E-state index contributed by atoms with van der Waals surface area (Å²) in [6.07, 6.45) is 49.4. The van der Waals surface area contributed by atoms with Crippen molar-refractivity contribution >= 4 is 5.91 Å². The smallest absolute Gasteiger partial charge is 0.220 e. The fraction of sp³-hybridized carbons (Fsp3) is 0.831. The largest absolute Gasteiger partial charge is 0.394 e. The van der Waals surface area contributed by atoms with E-state index in [1.54, 1.807) is 6.08 Å². The van der Waals surface area contributed by atoms with Crippen LogP contribution in [0.4, 0.5) is 0 Å². The van der Waals surface area contributed by atoms with Gasteiger partial charge in [0, 0.05) is 6.42 Å². The first-order valence-electron chi connectivity index (χ1n) is 32.0. The van der Waals surface area contributed by atoms with Crippen molar-refractivity contribution in [1.29, 1.82) is 0 Å². The Morgan fingerprint density at radius 1 is 0.468 bits per heavy atom. The number of unbranched alkanes of at least 4 members (excludes halogenated alkanes) is 30. The number of hydrogen-bond donors (Lipinski definition) is 9. The summed E-state index contributed by atoms with van der Waals surface area (Å²) < 4.78 is 22.6. The fourth-order valence-corrected chi connectivity index (χ4v) is 10.3. The van der Waals surface area contributed by atoms with Crippen LogP contribution in [0.1, 0.15) is 251 Å². The number of aliphatic hydroxyl groups is 8. The quantitative estimate of drug-likeness (QED) is 0.0204. The Balaban J connectivity index is 1.48. The number of carbonyl (C=O) groups is 1. The molecule has 12 atom stereocenters. The molecule has 14 nitrogen and oxygen atoms in total. The molecular weight excluding hydrogens is 1000 g/mol. The molecule has 0 aromatic carbocycles. The zero-order valence-corrected chi connectivity index (χ0v) is 49.6. The Labute approximate surface area is 479 Å². The first-order chi connectivity index (χ1) is 38.6. The van der Waals surface area contributed by atoms with Crippen LogP contribution in [0.15, 0.2) is 60.8 Å². The lowest BCUT2D eigenvalue weighted by molar-refractivity contribution is -0.359. The number of amides is 1. The topological polar surface area (TPSA) is 228 Å². The van der Waals surface area contributed by atoms with Gasteiger partial charge in [0.25, 0.3) is 0 Å². The summed E-state index contributed by atoms with van der Waals surface area (Å²) in [6.45, 7) is 2.59. The van der Waals surface area contributed by atoms with E-state index in [9.17, 15) is 45.6 Å². The van der Waals surface area contributed by atoms with Gasteiger partial charge in [-0.3, -0.25) is 4.79 Å². The van der Waals surface area contributed by atoms with Gasteiger partial charge in [0.05, 0.1) is 32.0 Å². The molecule has 9 N–H and O–H groups in total. The SMILES string of the molecule is CC/C=C\C/C=C\C/C=C\C/C=C\CCCCCCCCCCCCCCCCCCCCCCCCCCCCC(=O)NC(COC1OC(CO)C(OC2OC(CO)C(O)C(O)C2O)C(O)C1O)C(O)/C=C/CCCCCC. The average molecular weight is 1120 g/mol. The van der Waals surface area contributed by atoms with Gasteiger partial charge in [-0.2, -0.15) is 0 Å². The third-order valence-electron chi connectivity index (χ3n) is 15.5. The molecular formula is C65H117NO13. The van der Waals surface area contributed by atoms with Crippen molar-refractivity contribution in [3.8, 4) is 0 Å². The van der Waals surface area contributed by atoms with E-state index in [0.717, 1.165) is 77.0 Å². The summed E-state index contributed by atoms with van der Waals surface area (Å²) in [4.78, 5) is 13.2. The van der Waals surface area contributed by atoms with E-state index in [2.05, 4.69) is 67.8 Å². The molecule has 2 aliphatic rings. The van der Waals surface area contributed by atoms with Crippen LogP contribution in [-0.4, -0.2) is 140 Å². The summed E-state index contributed by atoms with van der Waals surface area (Å²) >= 11 is 0. The van der Waals surface area contributed by atoms with Crippen LogP contribution in [0.25, 0.3) is 0 Å². The highest BCUT2D eigenvalue weighted by molar-refractivity contribution is 5.76. The van der Waals surface area contributed by atoms with Gasteiger partial charge in [0.15, 0.2) is 12.6 Å². The molecule has 2 fully saturated rings. The van der Waals surface area contributed by atoms with E-state index >= 15 is 0 Å². The van der Waals surface area contributed by atoms with E-state index in [1.165, 1.54) is 148 Å². The number of rotatable bonds is 51. The molecule has 2 heterocycles. The van der Waals surface area contributed by atoms with Gasteiger partial charge in [0.1, 0.15) is 48.8 Å². The molecule has 2 aliphatic heterocycles. The van der Waals surface area contributed by atoms with E-state index < -0.39 is 86.8 Å². The lowest BCUT2D eigenvalue weighted by Crippen LogP contribution is -2.65. The minimum atomic E-state index is -1.79. The number of nitrogens with one attached hydrogen (secondary N) is 1. The molecule has 12 unspecified atom stereocenters. The van der Waals surface area contributed by atoms with Gasteiger partial charge in [-0.1, -0.05) is 248 Å². The Morgan fingerprint density at radius 3 is 1.34 bits per heavy atom. The molecule has 2 rings (SSSR count). The predicted molar refractivity (Wildman–Crippen MR) is 318 cm³/mol. The van der Waals surface area contributed by atoms with Crippen molar-refractivity contribution in [2.45, 2.75) is 325 Å². The second-order valence-corrected chi connectivity index (χ2v) is 22.5. The Morgan fingerprint density at radius 2 is 0.873 bits per heavy atom. The van der Waals surface area contributed by atoms with Gasteiger partial charge in [-0.05, 0) is 57.8 Å². The molecule has 0 radical (unpaired) electrons. The number of ether oxygens (including phenoxy) is 4. The lowest BCUT2D eigenvalue weighted by Gasteiger charge is -2.46. The third-order valence-corrected chi connectivity index (χ3v) is 15.5. The average Bonchev–Trinajstić information content (AvgIpc) is 3.47. The van der Waals surface area contributed by atoms with E-state index in [4.69, 9.17) is 18.9 Å². The van der Waals surface area contributed by atoms with Crippen molar-refractivity contribution in [3.63, 3.8) is 0 Å². The standard InChI is InChI=1S/C65H117NO13/c1-3-5-7-9-11-12-13-14-15-16-17-18-19-20-21-22-23-24-25-26-27-28-29-30-31-32-33-34-35-36-37-38-39-40-41-42-43-45-47-49-57(70)66-53(54(69)48-46-44-10-8-6-4-2)52-76-64-62(75)60(73)63(56(51-68)78-64)79-65-61(74)59(72)58(71)55(50-67)77-65/h5,7,11-12,14-15,17-18,46,48,53-56,58-65,67-69,71-75H,3-4,6,8-10,13,16,19-45,47,49-52H2,1-2H3,(H,66,70)/b7-5-,12-11-,15-14-,18-17-,48-46+. The molecule has 79 heavy (non-hydrogen) atoms.